The maximum Gasteiger partial charge on any atom is 0.265 e. The molecule has 1 aromatic heterocycles. The molecular formula is C16H13F2N3O2S. The van der Waals surface area contributed by atoms with Crippen LogP contribution in [-0.4, -0.2) is 18.2 Å². The van der Waals surface area contributed by atoms with E-state index in [1.54, 1.807) is 24.3 Å². The Morgan fingerprint density at radius 1 is 1.08 bits per heavy atom. The predicted molar refractivity (Wildman–Crippen MR) is 85.5 cm³/mol. The third-order valence-corrected chi connectivity index (χ3v) is 4.81. The summed E-state index contributed by atoms with van der Waals surface area (Å²) in [5, 5.41) is 4.17. The number of halogens is 2. The second kappa shape index (κ2) is 6.04. The molecule has 1 heterocycles. The highest BCUT2D eigenvalue weighted by Crippen LogP contribution is 2.22. The lowest BCUT2D eigenvalue weighted by Crippen LogP contribution is -2.14. The third-order valence-electron chi connectivity index (χ3n) is 3.34. The Morgan fingerprint density at radius 3 is 2.46 bits per heavy atom. The molecule has 0 bridgehead atoms. The van der Waals surface area contributed by atoms with E-state index in [-0.39, 0.29) is 16.3 Å². The number of hydrogen-bond acceptors (Lipinski definition) is 3. The molecule has 0 saturated carbocycles. The zero-order valence-corrected chi connectivity index (χ0v) is 13.4. The number of rotatable bonds is 4. The van der Waals surface area contributed by atoms with E-state index in [4.69, 9.17) is 0 Å². The van der Waals surface area contributed by atoms with Crippen LogP contribution in [-0.2, 0) is 10.0 Å². The van der Waals surface area contributed by atoms with Crippen LogP contribution in [0.25, 0.3) is 5.69 Å². The number of aryl methyl sites for hydroxylation is 1. The van der Waals surface area contributed by atoms with E-state index in [2.05, 4.69) is 9.82 Å². The number of nitrogens with zero attached hydrogens (tertiary/aromatic N) is 2. The topological polar surface area (TPSA) is 64.0 Å². The first-order valence-corrected chi connectivity index (χ1v) is 8.45. The van der Waals surface area contributed by atoms with E-state index in [0.717, 1.165) is 12.1 Å². The van der Waals surface area contributed by atoms with Gasteiger partial charge in [0.2, 0.25) is 0 Å². The summed E-state index contributed by atoms with van der Waals surface area (Å²) in [5.41, 5.74) is 0.618. The lowest BCUT2D eigenvalue weighted by atomic mass is 10.3. The number of anilines is 1. The van der Waals surface area contributed by atoms with E-state index < -0.39 is 21.7 Å². The maximum absolute atomic E-state index is 13.7. The molecule has 1 N–H and O–H groups in total. The van der Waals surface area contributed by atoms with E-state index in [0.29, 0.717) is 11.8 Å². The molecule has 24 heavy (non-hydrogen) atoms. The van der Waals surface area contributed by atoms with Gasteiger partial charge in [0.15, 0.2) is 0 Å². The molecule has 0 aliphatic rings. The maximum atomic E-state index is 13.7. The molecule has 0 aliphatic heterocycles. The molecule has 0 fully saturated rings. The van der Waals surface area contributed by atoms with Gasteiger partial charge in [-0.3, -0.25) is 4.72 Å². The molecule has 3 aromatic rings. The summed E-state index contributed by atoms with van der Waals surface area (Å²) in [5.74, 6) is -1.78. The number of sulfonamides is 1. The standard InChI is InChI=1S/C16H13F2N3O2S/c1-11-16(10-21(19-11)13-5-3-2-4-6-13)24(22,23)20-15-8-7-12(17)9-14(15)18/h2-10,20H,1H3. The van der Waals surface area contributed by atoms with Gasteiger partial charge in [-0.2, -0.15) is 5.10 Å². The number of aromatic nitrogens is 2. The molecule has 8 heteroatoms. The Balaban J connectivity index is 1.97. The highest BCUT2D eigenvalue weighted by Gasteiger charge is 2.22. The average molecular weight is 349 g/mol. The van der Waals surface area contributed by atoms with Crippen LogP contribution < -0.4 is 4.72 Å². The van der Waals surface area contributed by atoms with E-state index in [1.807, 2.05) is 6.07 Å². The zero-order valence-electron chi connectivity index (χ0n) is 12.6. The van der Waals surface area contributed by atoms with Crippen molar-refractivity contribution >= 4 is 15.7 Å². The van der Waals surface area contributed by atoms with Crippen molar-refractivity contribution < 1.29 is 17.2 Å². The van der Waals surface area contributed by atoms with Gasteiger partial charge >= 0.3 is 0 Å². The first-order chi connectivity index (χ1) is 11.4. The number of para-hydroxylation sites is 1. The molecule has 124 valence electrons. The molecule has 2 aromatic carbocycles. The summed E-state index contributed by atoms with van der Waals surface area (Å²) >= 11 is 0. The van der Waals surface area contributed by atoms with Crippen LogP contribution in [0.5, 0.6) is 0 Å². The van der Waals surface area contributed by atoms with Crippen molar-refractivity contribution in [3.05, 3.63) is 72.1 Å². The first-order valence-electron chi connectivity index (χ1n) is 6.96. The Morgan fingerprint density at radius 2 is 1.79 bits per heavy atom. The summed E-state index contributed by atoms with van der Waals surface area (Å²) in [7, 11) is -4.06. The Labute approximate surface area is 137 Å². The number of nitrogens with one attached hydrogen (secondary N) is 1. The van der Waals surface area contributed by atoms with Crippen molar-refractivity contribution in [3.63, 3.8) is 0 Å². The van der Waals surface area contributed by atoms with Crippen molar-refractivity contribution in [1.29, 1.82) is 0 Å². The van der Waals surface area contributed by atoms with Gasteiger partial charge in [-0.05, 0) is 31.2 Å². The van der Waals surface area contributed by atoms with Gasteiger partial charge in [-0.1, -0.05) is 18.2 Å². The number of hydrogen-bond donors (Lipinski definition) is 1. The van der Waals surface area contributed by atoms with Crippen LogP contribution >= 0.6 is 0 Å². The molecule has 0 unspecified atom stereocenters. The Bertz CT molecular complexity index is 986. The van der Waals surface area contributed by atoms with Crippen LogP contribution in [0.4, 0.5) is 14.5 Å². The van der Waals surface area contributed by atoms with Gasteiger partial charge in [0, 0.05) is 6.07 Å². The molecule has 0 amide bonds. The predicted octanol–water partition coefficient (Wildman–Crippen LogP) is 3.26. The smallest absolute Gasteiger partial charge is 0.265 e. The Hall–Kier alpha value is -2.74. The lowest BCUT2D eigenvalue weighted by molar-refractivity contribution is 0.582. The minimum absolute atomic E-state index is 0.0879. The second-order valence-electron chi connectivity index (χ2n) is 5.09. The summed E-state index contributed by atoms with van der Waals surface area (Å²) in [6.07, 6.45) is 1.34. The Kier molecular flexibility index (Phi) is 4.06. The summed E-state index contributed by atoms with van der Waals surface area (Å²) in [6, 6.07) is 11.6. The van der Waals surface area contributed by atoms with Crippen LogP contribution in [0.2, 0.25) is 0 Å². The first kappa shape index (κ1) is 16.1. The van der Waals surface area contributed by atoms with Gasteiger partial charge < -0.3 is 0 Å². The molecule has 3 rings (SSSR count). The molecule has 0 atom stereocenters. The molecule has 5 nitrogen and oxygen atoms in total. The molecule has 0 aliphatic carbocycles. The normalized spacial score (nSPS) is 11.5. The fraction of sp³-hybridized carbons (Fsp3) is 0.0625. The summed E-state index contributed by atoms with van der Waals surface area (Å²) in [4.78, 5) is -0.0879. The average Bonchev–Trinajstić information content (AvgIpc) is 2.94. The van der Waals surface area contributed by atoms with Gasteiger partial charge in [0.05, 0.1) is 23.3 Å². The lowest BCUT2D eigenvalue weighted by Gasteiger charge is -2.08. The second-order valence-corrected chi connectivity index (χ2v) is 6.74. The van der Waals surface area contributed by atoms with E-state index >= 15 is 0 Å². The monoisotopic (exact) mass is 349 g/mol. The van der Waals surface area contributed by atoms with Crippen LogP contribution in [0.3, 0.4) is 0 Å². The molecule has 0 saturated heterocycles. The van der Waals surface area contributed by atoms with Gasteiger partial charge in [0.25, 0.3) is 10.0 Å². The molecule has 0 radical (unpaired) electrons. The van der Waals surface area contributed by atoms with Crippen LogP contribution in [0.15, 0.2) is 59.6 Å². The minimum Gasteiger partial charge on any atom is -0.277 e. The summed E-state index contributed by atoms with van der Waals surface area (Å²) < 4.78 is 55.1. The third kappa shape index (κ3) is 3.13. The van der Waals surface area contributed by atoms with Crippen molar-refractivity contribution in [2.45, 2.75) is 11.8 Å². The SMILES string of the molecule is Cc1nn(-c2ccccc2)cc1S(=O)(=O)Nc1ccc(F)cc1F. The fourth-order valence-corrected chi connectivity index (χ4v) is 3.43. The van der Waals surface area contributed by atoms with Crippen molar-refractivity contribution in [3.8, 4) is 5.69 Å². The highest BCUT2D eigenvalue weighted by molar-refractivity contribution is 7.92. The quantitative estimate of drug-likeness (QED) is 0.786. The van der Waals surface area contributed by atoms with E-state index in [9.17, 15) is 17.2 Å². The largest absolute Gasteiger partial charge is 0.277 e. The zero-order chi connectivity index (χ0) is 17.3. The van der Waals surface area contributed by atoms with Crippen molar-refractivity contribution in [2.24, 2.45) is 0 Å². The molecular weight excluding hydrogens is 336 g/mol. The number of benzene rings is 2. The van der Waals surface area contributed by atoms with E-state index in [1.165, 1.54) is 17.8 Å². The van der Waals surface area contributed by atoms with Gasteiger partial charge in [-0.15, -0.1) is 0 Å². The fourth-order valence-electron chi connectivity index (χ4n) is 2.19. The summed E-state index contributed by atoms with van der Waals surface area (Å²) in [6.45, 7) is 1.54. The van der Waals surface area contributed by atoms with Crippen LogP contribution in [0, 0.1) is 18.6 Å². The van der Waals surface area contributed by atoms with Crippen LogP contribution in [0.1, 0.15) is 5.69 Å². The highest BCUT2D eigenvalue weighted by atomic mass is 32.2. The molecule has 0 spiro atoms. The van der Waals surface area contributed by atoms with Gasteiger partial charge in [-0.25, -0.2) is 21.9 Å². The van der Waals surface area contributed by atoms with Crippen molar-refractivity contribution in [2.75, 3.05) is 4.72 Å². The minimum atomic E-state index is -4.06. The van der Waals surface area contributed by atoms with Gasteiger partial charge in [0.1, 0.15) is 16.5 Å². The van der Waals surface area contributed by atoms with Crippen molar-refractivity contribution in [1.82, 2.24) is 9.78 Å².